The van der Waals surface area contributed by atoms with Gasteiger partial charge in [0, 0.05) is 18.5 Å². The van der Waals surface area contributed by atoms with Gasteiger partial charge >= 0.3 is 13.8 Å². The number of anilines is 1. The first-order chi connectivity index (χ1) is 15.8. The van der Waals surface area contributed by atoms with E-state index in [1.54, 1.807) is 25.2 Å². The Balaban J connectivity index is 0.000000739. The van der Waals surface area contributed by atoms with Gasteiger partial charge in [-0.25, -0.2) is 13.0 Å². The van der Waals surface area contributed by atoms with Crippen LogP contribution in [0.4, 0.5) is 5.69 Å². The molecule has 0 bridgehead atoms. The molecular formula is C21H28ClN2O8PS. The number of carbonyl (C=O) groups is 1. The minimum atomic E-state index is -4.64. The van der Waals surface area contributed by atoms with Crippen molar-refractivity contribution < 1.29 is 37.6 Å². The monoisotopic (exact) mass is 534 g/mol. The lowest BCUT2D eigenvalue weighted by molar-refractivity contribution is -0.137. The van der Waals surface area contributed by atoms with Crippen LogP contribution in [0.1, 0.15) is 49.3 Å². The third-order valence-corrected chi connectivity index (χ3v) is 7.24. The number of carboxylic acid groups (broad SMARTS) is 1. The fourth-order valence-electron chi connectivity index (χ4n) is 3.65. The third kappa shape index (κ3) is 8.06. The summed E-state index contributed by atoms with van der Waals surface area (Å²) in [7, 11) is -6.80. The van der Waals surface area contributed by atoms with E-state index in [0.29, 0.717) is 29.2 Å². The molecule has 0 amide bonds. The highest BCUT2D eigenvalue weighted by molar-refractivity contribution is 7.92. The number of unbranched alkanes of at least 4 members (excludes halogenated alkanes) is 3. The number of para-hydroxylation sites is 1. The number of aliphatic carboxylic acids is 1. The van der Waals surface area contributed by atoms with Gasteiger partial charge < -0.3 is 25.1 Å². The van der Waals surface area contributed by atoms with Crippen molar-refractivity contribution in [2.24, 2.45) is 0 Å². The first-order valence-electron chi connectivity index (χ1n) is 10.4. The molecular weight excluding hydrogens is 507 g/mol. The summed E-state index contributed by atoms with van der Waals surface area (Å²) in [4.78, 5) is 32.4. The number of sulfonamides is 1. The van der Waals surface area contributed by atoms with E-state index in [1.807, 2.05) is 18.2 Å². The van der Waals surface area contributed by atoms with Crippen molar-refractivity contribution in [2.45, 2.75) is 43.0 Å². The number of hydrogen-bond donors (Lipinski definition) is 5. The highest BCUT2D eigenvalue weighted by Gasteiger charge is 2.34. The lowest BCUT2D eigenvalue weighted by atomic mass is 9.96. The molecule has 0 radical (unpaired) electrons. The van der Waals surface area contributed by atoms with Crippen molar-refractivity contribution in [3.8, 4) is 0 Å². The van der Waals surface area contributed by atoms with E-state index in [9.17, 15) is 13.2 Å². The zero-order valence-electron chi connectivity index (χ0n) is 18.5. The molecule has 0 aliphatic carbocycles. The molecule has 0 saturated heterocycles. The SMILES string of the molecule is CN1c2ccccc2C(NCCCCCCC(=O)O)c2ccc(Cl)cc2S1(=O)=O.O=P(O)(O)O. The van der Waals surface area contributed by atoms with Gasteiger partial charge in [-0.15, -0.1) is 0 Å². The normalized spacial score (nSPS) is 16.5. The molecule has 0 spiro atoms. The topological polar surface area (TPSA) is 164 Å². The maximum absolute atomic E-state index is 13.2. The number of halogens is 1. The average molecular weight is 535 g/mol. The van der Waals surface area contributed by atoms with Crippen LogP contribution in [0.2, 0.25) is 5.02 Å². The van der Waals surface area contributed by atoms with Crippen LogP contribution in [-0.2, 0) is 19.4 Å². The van der Waals surface area contributed by atoms with E-state index < -0.39 is 23.8 Å². The Hall–Kier alpha value is -1.98. The molecule has 1 aliphatic heterocycles. The Labute approximate surface area is 203 Å². The molecule has 1 heterocycles. The van der Waals surface area contributed by atoms with Crippen LogP contribution >= 0.6 is 19.4 Å². The molecule has 5 N–H and O–H groups in total. The zero-order chi connectivity index (χ0) is 25.5. The lowest BCUT2D eigenvalue weighted by Crippen LogP contribution is -2.26. The third-order valence-electron chi connectivity index (χ3n) is 5.18. The van der Waals surface area contributed by atoms with Crippen LogP contribution < -0.4 is 9.62 Å². The summed E-state index contributed by atoms with van der Waals surface area (Å²) in [5, 5.41) is 12.6. The van der Waals surface area contributed by atoms with E-state index >= 15 is 0 Å². The summed E-state index contributed by atoms with van der Waals surface area (Å²) in [6.07, 6.45) is 3.52. The molecule has 1 unspecified atom stereocenters. The van der Waals surface area contributed by atoms with E-state index in [-0.39, 0.29) is 17.4 Å². The standard InChI is InChI=1S/C21H25ClN2O4S.H3O4P/c1-24-18-9-6-5-8-16(18)21(23-13-7-3-2-4-10-20(25)26)17-12-11-15(22)14-19(17)29(24,27)28;1-5(2,3)4/h5-6,8-9,11-12,14,21,23H,2-4,7,10,13H2,1H3,(H,25,26);(H3,1,2,3,4). The molecule has 0 fully saturated rings. The minimum absolute atomic E-state index is 0.196. The van der Waals surface area contributed by atoms with Crippen molar-refractivity contribution >= 4 is 41.1 Å². The van der Waals surface area contributed by atoms with Gasteiger partial charge in [0.2, 0.25) is 0 Å². The highest BCUT2D eigenvalue weighted by Crippen LogP contribution is 2.40. The van der Waals surface area contributed by atoms with E-state index in [4.69, 9.17) is 36.0 Å². The highest BCUT2D eigenvalue weighted by atomic mass is 35.5. The molecule has 0 saturated carbocycles. The molecule has 188 valence electrons. The second-order valence-electron chi connectivity index (χ2n) is 7.67. The first-order valence-corrected chi connectivity index (χ1v) is 13.8. The molecule has 1 aliphatic rings. The Morgan fingerprint density at radius 3 is 2.32 bits per heavy atom. The number of carboxylic acids is 1. The quantitative estimate of drug-likeness (QED) is 0.252. The van der Waals surface area contributed by atoms with Gasteiger partial charge in [0.05, 0.1) is 16.6 Å². The second kappa shape index (κ2) is 12.1. The van der Waals surface area contributed by atoms with Crippen molar-refractivity contribution in [3.05, 3.63) is 58.6 Å². The number of hydrogen-bond acceptors (Lipinski definition) is 5. The molecule has 0 aromatic heterocycles. The summed E-state index contributed by atoms with van der Waals surface area (Å²) in [5.41, 5.74) is 2.21. The summed E-state index contributed by atoms with van der Waals surface area (Å²) in [6, 6.07) is 12.2. The van der Waals surface area contributed by atoms with Crippen LogP contribution in [0.3, 0.4) is 0 Å². The predicted octanol–water partition coefficient (Wildman–Crippen LogP) is 3.26. The van der Waals surface area contributed by atoms with Gasteiger partial charge in [0.15, 0.2) is 0 Å². The summed E-state index contributed by atoms with van der Waals surface area (Å²) in [5.74, 6) is -0.765. The number of fused-ring (bicyclic) bond motifs is 2. The number of nitrogens with one attached hydrogen (secondary N) is 1. The lowest BCUT2D eigenvalue weighted by Gasteiger charge is -2.22. The Bertz CT molecular complexity index is 1150. The average Bonchev–Trinajstić information content (AvgIpc) is 2.80. The summed E-state index contributed by atoms with van der Waals surface area (Å²) >= 11 is 6.12. The maximum Gasteiger partial charge on any atom is 0.466 e. The Kier molecular flexibility index (Phi) is 10.1. The fraction of sp³-hybridized carbons (Fsp3) is 0.381. The van der Waals surface area contributed by atoms with Crippen molar-refractivity contribution in [2.75, 3.05) is 17.9 Å². The molecule has 13 heteroatoms. The van der Waals surface area contributed by atoms with Gasteiger partial charge in [-0.3, -0.25) is 9.10 Å². The Morgan fingerprint density at radius 1 is 1.06 bits per heavy atom. The van der Waals surface area contributed by atoms with E-state index in [0.717, 1.165) is 24.8 Å². The smallest absolute Gasteiger partial charge is 0.466 e. The van der Waals surface area contributed by atoms with Gasteiger partial charge in [0.25, 0.3) is 10.0 Å². The van der Waals surface area contributed by atoms with Crippen molar-refractivity contribution in [1.82, 2.24) is 5.32 Å². The number of nitrogens with zero attached hydrogens (tertiary/aromatic N) is 1. The Morgan fingerprint density at radius 2 is 1.68 bits per heavy atom. The number of benzene rings is 2. The van der Waals surface area contributed by atoms with Crippen molar-refractivity contribution in [1.29, 1.82) is 0 Å². The number of rotatable bonds is 8. The fourth-order valence-corrected chi connectivity index (χ4v) is 5.37. The van der Waals surface area contributed by atoms with E-state index in [1.165, 1.54) is 10.4 Å². The van der Waals surface area contributed by atoms with Gasteiger partial charge in [-0.1, -0.05) is 48.7 Å². The maximum atomic E-state index is 13.2. The molecule has 10 nitrogen and oxygen atoms in total. The van der Waals surface area contributed by atoms with Crippen LogP contribution in [0.5, 0.6) is 0 Å². The minimum Gasteiger partial charge on any atom is -0.481 e. The zero-order valence-corrected chi connectivity index (χ0v) is 20.9. The number of phosphoric acid groups is 1. The van der Waals surface area contributed by atoms with Crippen LogP contribution in [0.25, 0.3) is 0 Å². The predicted molar refractivity (Wildman–Crippen MR) is 128 cm³/mol. The van der Waals surface area contributed by atoms with Gasteiger partial charge in [-0.05, 0) is 48.7 Å². The molecule has 34 heavy (non-hydrogen) atoms. The van der Waals surface area contributed by atoms with Crippen LogP contribution in [-0.4, -0.2) is 47.8 Å². The summed E-state index contributed by atoms with van der Waals surface area (Å²) in [6.45, 7) is 0.692. The van der Waals surface area contributed by atoms with Crippen molar-refractivity contribution in [3.63, 3.8) is 0 Å². The second-order valence-corrected chi connectivity index (χ2v) is 11.1. The van der Waals surface area contributed by atoms with Gasteiger partial charge in [-0.2, -0.15) is 0 Å². The summed E-state index contributed by atoms with van der Waals surface area (Å²) < 4.78 is 36.6. The van der Waals surface area contributed by atoms with E-state index in [2.05, 4.69) is 5.32 Å². The van der Waals surface area contributed by atoms with Crippen LogP contribution in [0.15, 0.2) is 47.4 Å². The molecule has 2 aromatic rings. The molecule has 1 atom stereocenters. The first kappa shape index (κ1) is 28.3. The van der Waals surface area contributed by atoms with Crippen LogP contribution in [0, 0.1) is 0 Å². The molecule has 2 aromatic carbocycles. The largest absolute Gasteiger partial charge is 0.481 e. The van der Waals surface area contributed by atoms with Gasteiger partial charge in [0.1, 0.15) is 0 Å². The molecule has 3 rings (SSSR count).